The van der Waals surface area contributed by atoms with Crippen LogP contribution in [0.15, 0.2) is 24.4 Å². The average molecular weight is 194 g/mol. The Hall–Kier alpha value is -1.42. The van der Waals surface area contributed by atoms with Crippen molar-refractivity contribution in [1.29, 1.82) is 0 Å². The van der Waals surface area contributed by atoms with Gasteiger partial charge in [0, 0.05) is 18.3 Å². The van der Waals surface area contributed by atoms with Gasteiger partial charge in [0.1, 0.15) is 6.04 Å². The first kappa shape index (κ1) is 10.7. The quantitative estimate of drug-likeness (QED) is 0.704. The van der Waals surface area contributed by atoms with Crippen molar-refractivity contribution in [2.24, 2.45) is 0 Å². The Morgan fingerprint density at radius 1 is 1.64 bits per heavy atom. The highest BCUT2D eigenvalue weighted by Gasteiger charge is 2.17. The zero-order valence-electron chi connectivity index (χ0n) is 8.36. The third-order valence-electron chi connectivity index (χ3n) is 1.97. The van der Waals surface area contributed by atoms with Crippen LogP contribution in [0.3, 0.4) is 0 Å². The van der Waals surface area contributed by atoms with Crippen LogP contribution in [0, 0.1) is 0 Å². The van der Waals surface area contributed by atoms with E-state index < -0.39 is 0 Å². The number of rotatable bonds is 4. The van der Waals surface area contributed by atoms with E-state index in [1.165, 1.54) is 7.11 Å². The molecule has 1 unspecified atom stereocenters. The lowest BCUT2D eigenvalue weighted by Gasteiger charge is -2.12. The van der Waals surface area contributed by atoms with E-state index in [-0.39, 0.29) is 12.0 Å². The van der Waals surface area contributed by atoms with Gasteiger partial charge in [-0.3, -0.25) is 9.78 Å². The van der Waals surface area contributed by atoms with Gasteiger partial charge in [0.05, 0.1) is 7.11 Å². The van der Waals surface area contributed by atoms with Crippen molar-refractivity contribution in [2.75, 3.05) is 14.2 Å². The molecule has 1 rings (SSSR count). The van der Waals surface area contributed by atoms with E-state index in [0.717, 1.165) is 5.69 Å². The Bertz CT molecular complexity index is 287. The zero-order chi connectivity index (χ0) is 10.4. The predicted molar refractivity (Wildman–Crippen MR) is 52.8 cm³/mol. The van der Waals surface area contributed by atoms with Crippen LogP contribution in [0.2, 0.25) is 0 Å². The van der Waals surface area contributed by atoms with E-state index >= 15 is 0 Å². The van der Waals surface area contributed by atoms with Gasteiger partial charge in [-0.25, -0.2) is 0 Å². The molecule has 0 saturated heterocycles. The van der Waals surface area contributed by atoms with Crippen LogP contribution < -0.4 is 5.32 Å². The largest absolute Gasteiger partial charge is 0.468 e. The van der Waals surface area contributed by atoms with Crippen molar-refractivity contribution >= 4 is 5.97 Å². The van der Waals surface area contributed by atoms with Crippen LogP contribution in [0.25, 0.3) is 0 Å². The monoisotopic (exact) mass is 194 g/mol. The maximum Gasteiger partial charge on any atom is 0.323 e. The van der Waals surface area contributed by atoms with E-state index in [0.29, 0.717) is 6.42 Å². The normalized spacial score (nSPS) is 12.1. The third kappa shape index (κ3) is 2.81. The molecule has 1 N–H and O–H groups in total. The summed E-state index contributed by atoms with van der Waals surface area (Å²) in [6.07, 6.45) is 2.25. The third-order valence-corrected chi connectivity index (χ3v) is 1.97. The van der Waals surface area contributed by atoms with E-state index in [2.05, 4.69) is 15.0 Å². The first-order valence-corrected chi connectivity index (χ1v) is 4.43. The number of nitrogens with one attached hydrogen (secondary N) is 1. The highest BCUT2D eigenvalue weighted by molar-refractivity contribution is 5.75. The Morgan fingerprint density at radius 2 is 2.43 bits per heavy atom. The number of carbonyl (C=O) groups is 1. The van der Waals surface area contributed by atoms with Crippen molar-refractivity contribution in [3.8, 4) is 0 Å². The highest BCUT2D eigenvalue weighted by atomic mass is 16.5. The Labute approximate surface area is 83.3 Å². The summed E-state index contributed by atoms with van der Waals surface area (Å²) in [5.41, 5.74) is 0.872. The van der Waals surface area contributed by atoms with Gasteiger partial charge in [0.15, 0.2) is 0 Å². The molecular weight excluding hydrogens is 180 g/mol. The SMILES string of the molecule is CNC(Cc1ccccn1)C(=O)OC. The molecule has 4 nitrogen and oxygen atoms in total. The zero-order valence-corrected chi connectivity index (χ0v) is 8.36. The van der Waals surface area contributed by atoms with Crippen LogP contribution in [-0.4, -0.2) is 31.2 Å². The molecule has 0 aliphatic carbocycles. The smallest absolute Gasteiger partial charge is 0.323 e. The summed E-state index contributed by atoms with van der Waals surface area (Å²) in [5.74, 6) is -0.266. The van der Waals surface area contributed by atoms with Gasteiger partial charge < -0.3 is 10.1 Å². The minimum atomic E-state index is -0.324. The molecule has 1 aromatic rings. The minimum Gasteiger partial charge on any atom is -0.468 e. The molecule has 0 bridgehead atoms. The van der Waals surface area contributed by atoms with Crippen LogP contribution in [-0.2, 0) is 16.0 Å². The molecular formula is C10H14N2O2. The summed E-state index contributed by atoms with van der Waals surface area (Å²) in [6.45, 7) is 0. The number of carbonyl (C=O) groups excluding carboxylic acids is 1. The first-order chi connectivity index (χ1) is 6.77. The second-order valence-electron chi connectivity index (χ2n) is 2.89. The van der Waals surface area contributed by atoms with Gasteiger partial charge in [-0.1, -0.05) is 6.07 Å². The molecule has 0 amide bonds. The van der Waals surface area contributed by atoms with Crippen LogP contribution in [0.1, 0.15) is 5.69 Å². The number of hydrogen-bond donors (Lipinski definition) is 1. The number of hydrogen-bond acceptors (Lipinski definition) is 4. The van der Waals surface area contributed by atoms with Crippen molar-refractivity contribution in [2.45, 2.75) is 12.5 Å². The average Bonchev–Trinajstić information content (AvgIpc) is 2.26. The topological polar surface area (TPSA) is 51.2 Å². The van der Waals surface area contributed by atoms with Gasteiger partial charge >= 0.3 is 5.97 Å². The summed E-state index contributed by atoms with van der Waals surface area (Å²) in [7, 11) is 3.11. The van der Waals surface area contributed by atoms with Gasteiger partial charge in [-0.15, -0.1) is 0 Å². The van der Waals surface area contributed by atoms with E-state index in [4.69, 9.17) is 0 Å². The van der Waals surface area contributed by atoms with Crippen molar-refractivity contribution in [3.05, 3.63) is 30.1 Å². The number of pyridine rings is 1. The van der Waals surface area contributed by atoms with Crippen LogP contribution >= 0.6 is 0 Å². The second kappa shape index (κ2) is 5.34. The number of ether oxygens (including phenoxy) is 1. The lowest BCUT2D eigenvalue weighted by atomic mass is 10.1. The number of nitrogens with zero attached hydrogens (tertiary/aromatic N) is 1. The minimum absolute atomic E-state index is 0.266. The highest BCUT2D eigenvalue weighted by Crippen LogP contribution is 2.00. The molecule has 0 fully saturated rings. The summed E-state index contributed by atoms with van der Waals surface area (Å²) >= 11 is 0. The van der Waals surface area contributed by atoms with Gasteiger partial charge in [0.2, 0.25) is 0 Å². The molecule has 76 valence electrons. The summed E-state index contributed by atoms with van der Waals surface area (Å²) < 4.78 is 4.65. The maximum absolute atomic E-state index is 11.2. The van der Waals surface area contributed by atoms with Crippen molar-refractivity contribution in [3.63, 3.8) is 0 Å². The van der Waals surface area contributed by atoms with Crippen LogP contribution in [0.5, 0.6) is 0 Å². The van der Waals surface area contributed by atoms with Crippen LogP contribution in [0.4, 0.5) is 0 Å². The summed E-state index contributed by atoms with van der Waals surface area (Å²) in [6, 6.07) is 5.30. The second-order valence-corrected chi connectivity index (χ2v) is 2.89. The molecule has 0 aliphatic heterocycles. The molecule has 0 aliphatic rings. The Kier molecular flexibility index (Phi) is 4.07. The standard InChI is InChI=1S/C10H14N2O2/c1-11-9(10(13)14-2)7-8-5-3-4-6-12-8/h3-6,9,11H,7H2,1-2H3. The molecule has 0 radical (unpaired) electrons. The molecule has 14 heavy (non-hydrogen) atoms. The first-order valence-electron chi connectivity index (χ1n) is 4.43. The van der Waals surface area contributed by atoms with E-state index in [1.807, 2.05) is 18.2 Å². The molecule has 1 heterocycles. The number of methoxy groups -OCH3 is 1. The summed E-state index contributed by atoms with van der Waals surface area (Å²) in [5, 5.41) is 2.89. The summed E-state index contributed by atoms with van der Waals surface area (Å²) in [4.78, 5) is 15.4. The molecule has 0 saturated carbocycles. The van der Waals surface area contributed by atoms with Crippen molar-refractivity contribution in [1.82, 2.24) is 10.3 Å². The van der Waals surface area contributed by atoms with Gasteiger partial charge in [0.25, 0.3) is 0 Å². The molecule has 1 aromatic heterocycles. The Morgan fingerprint density at radius 3 is 2.93 bits per heavy atom. The lowest BCUT2D eigenvalue weighted by molar-refractivity contribution is -0.142. The van der Waals surface area contributed by atoms with Crippen molar-refractivity contribution < 1.29 is 9.53 Å². The molecule has 0 aromatic carbocycles. The fraction of sp³-hybridized carbons (Fsp3) is 0.400. The molecule has 4 heteroatoms. The fourth-order valence-electron chi connectivity index (χ4n) is 1.17. The van der Waals surface area contributed by atoms with Gasteiger partial charge in [-0.2, -0.15) is 0 Å². The lowest BCUT2D eigenvalue weighted by Crippen LogP contribution is -2.37. The predicted octanol–water partition coefficient (Wildman–Crippen LogP) is 0.385. The van der Waals surface area contributed by atoms with E-state index in [9.17, 15) is 4.79 Å². The number of likely N-dealkylation sites (N-methyl/N-ethyl adjacent to an activating group) is 1. The maximum atomic E-state index is 11.2. The number of aromatic nitrogens is 1. The Balaban J connectivity index is 2.62. The molecule has 1 atom stereocenters. The number of esters is 1. The van der Waals surface area contributed by atoms with Gasteiger partial charge in [-0.05, 0) is 19.2 Å². The van der Waals surface area contributed by atoms with E-state index in [1.54, 1.807) is 13.2 Å². The molecule has 0 spiro atoms. The fourth-order valence-corrected chi connectivity index (χ4v) is 1.17.